The van der Waals surface area contributed by atoms with E-state index in [0.717, 1.165) is 12.1 Å². The van der Waals surface area contributed by atoms with Crippen molar-refractivity contribution in [2.75, 3.05) is 6.54 Å². The lowest BCUT2D eigenvalue weighted by Gasteiger charge is -2.25. The molecule has 0 bridgehead atoms. The van der Waals surface area contributed by atoms with Crippen LogP contribution in [0.5, 0.6) is 0 Å². The lowest BCUT2D eigenvalue weighted by Crippen LogP contribution is -2.41. The molecule has 24 heavy (non-hydrogen) atoms. The summed E-state index contributed by atoms with van der Waals surface area (Å²) in [7, 11) is -4.13. The Morgan fingerprint density at radius 2 is 1.96 bits per heavy atom. The van der Waals surface area contributed by atoms with Crippen LogP contribution in [0.1, 0.15) is 10.6 Å². The Bertz CT molecular complexity index is 871. The predicted molar refractivity (Wildman–Crippen MR) is 87.6 cm³/mol. The first-order valence-corrected chi connectivity index (χ1v) is 9.34. The molecular weight excluding hydrogens is 353 g/mol. The van der Waals surface area contributed by atoms with Gasteiger partial charge in [-0.2, -0.15) is 0 Å². The van der Waals surface area contributed by atoms with Crippen LogP contribution in [-0.4, -0.2) is 20.1 Å². The summed E-state index contributed by atoms with van der Waals surface area (Å²) < 4.78 is 46.0. The van der Waals surface area contributed by atoms with Gasteiger partial charge in [0.25, 0.3) is 0 Å². The van der Waals surface area contributed by atoms with Crippen molar-refractivity contribution in [2.24, 2.45) is 0 Å². The molecule has 5 nitrogen and oxygen atoms in total. The van der Waals surface area contributed by atoms with E-state index in [1.165, 1.54) is 29.7 Å². The van der Waals surface area contributed by atoms with Crippen LogP contribution >= 0.6 is 11.3 Å². The number of hydrogen-bond acceptors (Lipinski definition) is 5. The van der Waals surface area contributed by atoms with Gasteiger partial charge in [-0.25, -0.2) is 17.5 Å². The van der Waals surface area contributed by atoms with Gasteiger partial charge in [-0.1, -0.05) is 18.2 Å². The molecule has 3 aromatic rings. The van der Waals surface area contributed by atoms with Crippen molar-refractivity contribution in [1.29, 1.82) is 0 Å². The van der Waals surface area contributed by atoms with E-state index in [1.807, 2.05) is 0 Å². The van der Waals surface area contributed by atoms with Gasteiger partial charge in [0, 0.05) is 4.88 Å². The third-order valence-corrected chi connectivity index (χ3v) is 5.96. The van der Waals surface area contributed by atoms with Crippen LogP contribution in [-0.2, 0) is 15.6 Å². The van der Waals surface area contributed by atoms with Gasteiger partial charge in [-0.3, -0.25) is 0 Å². The highest BCUT2D eigenvalue weighted by atomic mass is 32.2. The predicted octanol–water partition coefficient (Wildman–Crippen LogP) is 2.69. The summed E-state index contributed by atoms with van der Waals surface area (Å²) in [6.07, 6.45) is 1.39. The smallest absolute Gasteiger partial charge is 0.243 e. The monoisotopic (exact) mass is 367 g/mol. The van der Waals surface area contributed by atoms with E-state index in [-0.39, 0.29) is 5.76 Å². The molecule has 2 aromatic heterocycles. The largest absolute Gasteiger partial charge is 0.466 e. The fourth-order valence-electron chi connectivity index (χ4n) is 2.26. The van der Waals surface area contributed by atoms with Gasteiger partial charge in [0.1, 0.15) is 16.5 Å². The van der Waals surface area contributed by atoms with Crippen molar-refractivity contribution in [3.05, 3.63) is 76.6 Å². The first kappa shape index (κ1) is 16.8. The average Bonchev–Trinajstić information content (AvgIpc) is 3.26. The molecule has 1 unspecified atom stereocenters. The fraction of sp³-hybridized carbons (Fsp3) is 0.125. The number of rotatable bonds is 6. The minimum Gasteiger partial charge on any atom is -0.466 e. The fourth-order valence-corrected chi connectivity index (χ4v) is 4.23. The summed E-state index contributed by atoms with van der Waals surface area (Å²) in [5.41, 5.74) is -1.68. The average molecular weight is 367 g/mol. The van der Waals surface area contributed by atoms with Crippen molar-refractivity contribution in [3.63, 3.8) is 0 Å². The van der Waals surface area contributed by atoms with E-state index in [2.05, 4.69) is 4.72 Å². The van der Waals surface area contributed by atoms with Crippen LogP contribution in [0.2, 0.25) is 0 Å². The van der Waals surface area contributed by atoms with Crippen LogP contribution in [0.25, 0.3) is 0 Å². The van der Waals surface area contributed by atoms with Crippen molar-refractivity contribution < 1.29 is 22.3 Å². The third-order valence-electron chi connectivity index (χ3n) is 3.50. The molecule has 126 valence electrons. The van der Waals surface area contributed by atoms with E-state index in [4.69, 9.17) is 4.42 Å². The maximum Gasteiger partial charge on any atom is 0.243 e. The van der Waals surface area contributed by atoms with Gasteiger partial charge in [0.2, 0.25) is 10.0 Å². The van der Waals surface area contributed by atoms with Gasteiger partial charge < -0.3 is 9.52 Å². The summed E-state index contributed by atoms with van der Waals surface area (Å²) in [6, 6.07) is 11.6. The highest BCUT2D eigenvalue weighted by Gasteiger charge is 2.37. The molecular formula is C16H14FNO4S2. The quantitative estimate of drug-likeness (QED) is 0.702. The third kappa shape index (κ3) is 3.13. The maximum atomic E-state index is 13.8. The topological polar surface area (TPSA) is 79.5 Å². The molecule has 1 aromatic carbocycles. The molecule has 8 heteroatoms. The summed E-state index contributed by atoms with van der Waals surface area (Å²) in [4.78, 5) is 0.0339. The molecule has 0 fully saturated rings. The van der Waals surface area contributed by atoms with Crippen molar-refractivity contribution in [3.8, 4) is 0 Å². The van der Waals surface area contributed by atoms with Crippen molar-refractivity contribution in [2.45, 2.75) is 10.5 Å². The standard InChI is InChI=1S/C16H14FNO4S2/c17-12-5-1-2-6-13(12)24(20,21)18-11-16(19,14-7-3-9-22-14)15-8-4-10-23-15/h1-10,18-19H,11H2. The van der Waals surface area contributed by atoms with E-state index >= 15 is 0 Å². The number of aliphatic hydroxyl groups is 1. The Labute approximate surface area is 142 Å². The summed E-state index contributed by atoms with van der Waals surface area (Å²) >= 11 is 1.26. The number of sulfonamides is 1. The second kappa shape index (κ2) is 6.48. The zero-order chi connectivity index (χ0) is 17.2. The van der Waals surface area contributed by atoms with E-state index in [0.29, 0.717) is 4.88 Å². The molecule has 0 aliphatic heterocycles. The number of furan rings is 1. The minimum atomic E-state index is -4.13. The summed E-state index contributed by atoms with van der Waals surface area (Å²) in [6.45, 7) is -0.391. The zero-order valence-corrected chi connectivity index (χ0v) is 14.0. The second-order valence-electron chi connectivity index (χ2n) is 5.07. The first-order chi connectivity index (χ1) is 11.4. The highest BCUT2D eigenvalue weighted by Crippen LogP contribution is 2.33. The van der Waals surface area contributed by atoms with Crippen LogP contribution in [0, 0.1) is 5.82 Å². The maximum absolute atomic E-state index is 13.8. The van der Waals surface area contributed by atoms with Crippen LogP contribution in [0.4, 0.5) is 4.39 Å². The molecule has 3 rings (SSSR count). The molecule has 1 atom stereocenters. The van der Waals surface area contributed by atoms with E-state index in [1.54, 1.807) is 29.6 Å². The SMILES string of the molecule is O=S(=O)(NCC(O)(c1ccco1)c1cccs1)c1ccccc1F. The molecule has 0 aliphatic rings. The summed E-state index contributed by atoms with van der Waals surface area (Å²) in [5, 5.41) is 12.8. The van der Waals surface area contributed by atoms with E-state index < -0.39 is 32.9 Å². The highest BCUT2D eigenvalue weighted by molar-refractivity contribution is 7.89. The lowest BCUT2D eigenvalue weighted by molar-refractivity contribution is 0.0655. The zero-order valence-electron chi connectivity index (χ0n) is 12.3. The molecule has 0 spiro atoms. The van der Waals surface area contributed by atoms with Crippen molar-refractivity contribution >= 4 is 21.4 Å². The Morgan fingerprint density at radius 3 is 2.58 bits per heavy atom. The van der Waals surface area contributed by atoms with Gasteiger partial charge in [-0.05, 0) is 35.7 Å². The van der Waals surface area contributed by atoms with Crippen LogP contribution in [0.3, 0.4) is 0 Å². The van der Waals surface area contributed by atoms with Gasteiger partial charge in [0.15, 0.2) is 5.60 Å². The molecule has 0 amide bonds. The van der Waals surface area contributed by atoms with Crippen LogP contribution < -0.4 is 4.72 Å². The number of thiophene rings is 1. The van der Waals surface area contributed by atoms with Crippen molar-refractivity contribution in [1.82, 2.24) is 4.72 Å². The molecule has 2 N–H and O–H groups in total. The molecule has 0 aliphatic carbocycles. The molecule has 0 saturated carbocycles. The summed E-state index contributed by atoms with van der Waals surface area (Å²) in [5.74, 6) is -0.663. The molecule has 2 heterocycles. The number of halogens is 1. The second-order valence-corrected chi connectivity index (χ2v) is 7.75. The number of benzene rings is 1. The van der Waals surface area contributed by atoms with E-state index in [9.17, 15) is 17.9 Å². The van der Waals surface area contributed by atoms with Gasteiger partial charge >= 0.3 is 0 Å². The van der Waals surface area contributed by atoms with Crippen LogP contribution in [0.15, 0.2) is 69.5 Å². The Kier molecular flexibility index (Phi) is 4.55. The Hall–Kier alpha value is -2.00. The number of hydrogen-bond donors (Lipinski definition) is 2. The van der Waals surface area contributed by atoms with Gasteiger partial charge in [-0.15, -0.1) is 11.3 Å². The normalized spacial score (nSPS) is 14.4. The Balaban J connectivity index is 1.92. The molecule has 0 radical (unpaired) electrons. The molecule has 0 saturated heterocycles. The van der Waals surface area contributed by atoms with Gasteiger partial charge in [0.05, 0.1) is 12.8 Å². The Morgan fingerprint density at radius 1 is 1.17 bits per heavy atom. The number of nitrogens with one attached hydrogen (secondary N) is 1. The first-order valence-electron chi connectivity index (χ1n) is 6.98. The minimum absolute atomic E-state index is 0.196. The lowest BCUT2D eigenvalue weighted by atomic mass is 9.99.